The quantitative estimate of drug-likeness (QED) is 0.208. The maximum atomic E-state index is 13.0. The normalized spacial score (nSPS) is 48.3. The summed E-state index contributed by atoms with van der Waals surface area (Å²) in [6.45, 7) is 42.6. The predicted molar refractivity (Wildman–Crippen MR) is 307 cm³/mol. The molecule has 10 saturated carbocycles. The van der Waals surface area contributed by atoms with Crippen molar-refractivity contribution in [2.75, 3.05) is 33.5 Å². The Morgan fingerprint density at radius 2 is 0.933 bits per heavy atom. The number of rotatable bonds is 5. The molecule has 2 N–H and O–H groups in total. The summed E-state index contributed by atoms with van der Waals surface area (Å²) >= 11 is 0. The van der Waals surface area contributed by atoms with Gasteiger partial charge in [0.1, 0.15) is 11.6 Å². The molecule has 0 amide bonds. The molecule has 18 atom stereocenters. The zero-order valence-electron chi connectivity index (χ0n) is 50.0. The van der Waals surface area contributed by atoms with Gasteiger partial charge in [0.15, 0.2) is 0 Å². The lowest BCUT2D eigenvalue weighted by Crippen LogP contribution is -2.66. The van der Waals surface area contributed by atoms with E-state index in [4.69, 9.17) is 14.6 Å². The molecule has 1 aliphatic heterocycles. The van der Waals surface area contributed by atoms with Crippen LogP contribution in [0.5, 0.6) is 0 Å². The van der Waals surface area contributed by atoms with Crippen LogP contribution in [0.15, 0.2) is 24.3 Å². The van der Waals surface area contributed by atoms with Crippen molar-refractivity contribution >= 4 is 17.5 Å². The summed E-state index contributed by atoms with van der Waals surface area (Å²) in [7, 11) is 1.00. The standard InChI is InChI=1S/C32H50O3.C30H48O2.C4H8O.CH4O.CH4/c1-20(2)22-11-16-32(19-35-21(3)33)18-17-30(7)23(27(22)32)9-10-25-29(6)14-13-26(34)28(4,5)24(29)12-15-31(25,30)8;1-19(2)20-10-15-30(18-31)17-16-28(6)21(25(20)30)8-9-23-27(5)13-12-24(32)26(3,4)22(27)11-14-29(23,28)7;1-2-4-5-3-1;1-2;/h22-25,27H,1,9-19H2,2-8H3;20-23,25,31H,1,8-18H2,2-7H3;1-4H2;2H,1H3;1H4/t22-,23?,24?,25?,27?,29-,30+,31+,32+;20-,21?,22?,23?,25?,27-,28+,29+,30+;;;/m00.../s1. The largest absolute Gasteiger partial charge is 0.465 e. The van der Waals surface area contributed by atoms with Crippen molar-refractivity contribution in [3.05, 3.63) is 24.3 Å². The topological polar surface area (TPSA) is 110 Å². The van der Waals surface area contributed by atoms with Gasteiger partial charge in [-0.15, -0.1) is 0 Å². The number of hydrogen-bond acceptors (Lipinski definition) is 7. The summed E-state index contributed by atoms with van der Waals surface area (Å²) in [5.41, 5.74) is 4.39. The summed E-state index contributed by atoms with van der Waals surface area (Å²) in [5, 5.41) is 17.6. The molecular weight excluding hydrogens is 929 g/mol. The van der Waals surface area contributed by atoms with Gasteiger partial charge < -0.3 is 19.7 Å². The van der Waals surface area contributed by atoms with Crippen molar-refractivity contribution in [2.24, 2.45) is 113 Å². The van der Waals surface area contributed by atoms with Crippen LogP contribution in [0.2, 0.25) is 0 Å². The Morgan fingerprint density at radius 1 is 0.533 bits per heavy atom. The van der Waals surface area contributed by atoms with Crippen LogP contribution in [0.1, 0.15) is 239 Å². The van der Waals surface area contributed by atoms with Crippen molar-refractivity contribution in [1.82, 2.24) is 0 Å². The van der Waals surface area contributed by atoms with Crippen molar-refractivity contribution in [3.63, 3.8) is 0 Å². The summed E-state index contributed by atoms with van der Waals surface area (Å²) in [6, 6.07) is 0. The van der Waals surface area contributed by atoms with E-state index in [0.717, 1.165) is 46.0 Å². The predicted octanol–water partition coefficient (Wildman–Crippen LogP) is 16.0. The van der Waals surface area contributed by atoms with E-state index in [1.165, 1.54) is 127 Å². The molecule has 7 nitrogen and oxygen atoms in total. The molecule has 8 unspecified atom stereocenters. The molecule has 428 valence electrons. The molecule has 0 aromatic rings. The van der Waals surface area contributed by atoms with Gasteiger partial charge in [0.05, 0.1) is 6.61 Å². The highest BCUT2D eigenvalue weighted by molar-refractivity contribution is 5.86. The molecule has 10 aliphatic carbocycles. The smallest absolute Gasteiger partial charge is 0.302 e. The molecule has 0 radical (unpaired) electrons. The number of aliphatic hydroxyl groups excluding tert-OH is 2. The number of esters is 1. The van der Waals surface area contributed by atoms with Crippen LogP contribution in [-0.4, -0.2) is 61.3 Å². The van der Waals surface area contributed by atoms with E-state index in [-0.39, 0.29) is 51.3 Å². The number of aliphatic hydroxyl groups is 2. The third kappa shape index (κ3) is 9.05. The minimum absolute atomic E-state index is 0. The Labute approximate surface area is 459 Å². The molecule has 0 aromatic heterocycles. The average molecular weight is 1040 g/mol. The van der Waals surface area contributed by atoms with Crippen molar-refractivity contribution < 1.29 is 34.1 Å². The lowest BCUT2D eigenvalue weighted by Gasteiger charge is -2.72. The van der Waals surface area contributed by atoms with Crippen LogP contribution in [0, 0.1) is 113 Å². The Balaban J connectivity index is 0.000000192. The van der Waals surface area contributed by atoms with E-state index in [9.17, 15) is 19.5 Å². The molecule has 7 heteroatoms. The third-order valence-electron chi connectivity index (χ3n) is 27.7. The van der Waals surface area contributed by atoms with E-state index >= 15 is 0 Å². The summed E-state index contributed by atoms with van der Waals surface area (Å²) < 4.78 is 10.7. The van der Waals surface area contributed by atoms with Gasteiger partial charge in [0.2, 0.25) is 0 Å². The van der Waals surface area contributed by atoms with Crippen molar-refractivity contribution in [1.29, 1.82) is 0 Å². The number of hydrogen-bond donors (Lipinski definition) is 2. The van der Waals surface area contributed by atoms with Crippen LogP contribution >= 0.6 is 0 Å². The first-order chi connectivity index (χ1) is 34.6. The first kappa shape index (κ1) is 60.8. The maximum absolute atomic E-state index is 13.0. The Morgan fingerprint density at radius 3 is 1.31 bits per heavy atom. The molecule has 11 fully saturated rings. The minimum atomic E-state index is -0.186. The van der Waals surface area contributed by atoms with Gasteiger partial charge in [-0.1, -0.05) is 101 Å². The number of carbonyl (C=O) groups is 3. The maximum Gasteiger partial charge on any atom is 0.302 e. The van der Waals surface area contributed by atoms with Gasteiger partial charge in [-0.25, -0.2) is 0 Å². The summed E-state index contributed by atoms with van der Waals surface area (Å²) in [6.07, 6.45) is 26.1. The molecule has 0 bridgehead atoms. The molecular formula is C68H114O7. The van der Waals surface area contributed by atoms with E-state index in [1.807, 2.05) is 0 Å². The number of fused-ring (bicyclic) bond motifs is 14. The fourth-order valence-electron chi connectivity index (χ4n) is 23.5. The Bertz CT molecular complexity index is 2130. The van der Waals surface area contributed by atoms with Gasteiger partial charge in [0, 0.05) is 62.9 Å². The van der Waals surface area contributed by atoms with E-state index in [1.54, 1.807) is 6.92 Å². The van der Waals surface area contributed by atoms with Gasteiger partial charge in [-0.05, 0) is 239 Å². The van der Waals surface area contributed by atoms with Gasteiger partial charge in [-0.3, -0.25) is 14.4 Å². The van der Waals surface area contributed by atoms with E-state index in [0.29, 0.717) is 100 Å². The van der Waals surface area contributed by atoms with Crippen LogP contribution in [0.25, 0.3) is 0 Å². The molecule has 0 aromatic carbocycles. The van der Waals surface area contributed by atoms with Crippen LogP contribution in [-0.2, 0) is 23.9 Å². The number of ketones is 2. The molecule has 75 heavy (non-hydrogen) atoms. The summed E-state index contributed by atoms with van der Waals surface area (Å²) in [4.78, 5) is 37.7. The van der Waals surface area contributed by atoms with Crippen LogP contribution in [0.3, 0.4) is 0 Å². The van der Waals surface area contributed by atoms with E-state index < -0.39 is 0 Å². The molecule has 11 rings (SSSR count). The lowest BCUT2D eigenvalue weighted by atomic mass is 9.32. The number of ether oxygens (including phenoxy) is 2. The highest BCUT2D eigenvalue weighted by atomic mass is 16.5. The van der Waals surface area contributed by atoms with Crippen LogP contribution in [0.4, 0.5) is 0 Å². The fourth-order valence-corrected chi connectivity index (χ4v) is 23.5. The van der Waals surface area contributed by atoms with Crippen molar-refractivity contribution in [3.8, 4) is 0 Å². The summed E-state index contributed by atoms with van der Waals surface area (Å²) in [5.74, 6) is 6.99. The zero-order chi connectivity index (χ0) is 54.5. The van der Waals surface area contributed by atoms with Crippen molar-refractivity contribution in [2.45, 2.75) is 239 Å². The first-order valence-electron chi connectivity index (χ1n) is 30.7. The monoisotopic (exact) mass is 1040 g/mol. The second-order valence-electron chi connectivity index (χ2n) is 30.6. The second kappa shape index (κ2) is 21.2. The first-order valence-corrected chi connectivity index (χ1v) is 30.7. The number of carbonyl (C=O) groups excluding carboxylic acids is 3. The fraction of sp³-hybridized carbons (Fsp3) is 0.897. The van der Waals surface area contributed by atoms with Gasteiger partial charge in [0.25, 0.3) is 0 Å². The Hall–Kier alpha value is -1.83. The lowest BCUT2D eigenvalue weighted by molar-refractivity contribution is -0.237. The SMILES string of the molecule is C.C1CCOC1.C=C(C)[C@@H]1CC[C@]2(CO)CC[C@]3(C)C(CCC4[C@@]5(C)CCC(=O)C(C)(C)C5CC[C@]43C)C12.C=C(C)[C@@H]1CC[C@]2(COC(C)=O)CC[C@]3(C)C(CCC4[C@@]5(C)CCC(=O)C(C)(C)C5CC[C@]43C)C12.CO. The second-order valence-corrected chi connectivity index (χ2v) is 30.6. The highest BCUT2D eigenvalue weighted by Crippen LogP contribution is 2.79. The number of Topliss-reactive ketones (excluding diaryl/α,β-unsaturated/α-hetero) is 2. The molecule has 1 heterocycles. The highest BCUT2D eigenvalue weighted by Gasteiger charge is 2.73. The van der Waals surface area contributed by atoms with E-state index in [2.05, 4.69) is 96.2 Å². The Kier molecular flexibility index (Phi) is 17.2. The van der Waals surface area contributed by atoms with Gasteiger partial charge >= 0.3 is 5.97 Å². The van der Waals surface area contributed by atoms with Crippen LogP contribution < -0.4 is 0 Å². The van der Waals surface area contributed by atoms with Gasteiger partial charge in [-0.2, -0.15) is 0 Å². The molecule has 0 spiro atoms. The minimum Gasteiger partial charge on any atom is -0.465 e. The average Bonchev–Trinajstić information content (AvgIpc) is 4.14. The number of allylic oxidation sites excluding steroid dienone is 2. The third-order valence-corrected chi connectivity index (χ3v) is 27.7. The zero-order valence-corrected chi connectivity index (χ0v) is 50.0. The molecule has 1 saturated heterocycles. The molecule has 11 aliphatic rings.